The number of hydrogen-bond donors (Lipinski definition) is 0. The number of halogens is 2. The zero-order chi connectivity index (χ0) is 18.7. The molecule has 0 aromatic heterocycles. The summed E-state index contributed by atoms with van der Waals surface area (Å²) in [5, 5.41) is -0.327. The maximum atomic E-state index is 14.1. The number of nitrogens with zero attached hydrogens (tertiary/aromatic N) is 1. The predicted molar refractivity (Wildman–Crippen MR) is 99.3 cm³/mol. The van der Waals surface area contributed by atoms with Gasteiger partial charge < -0.3 is 4.90 Å². The van der Waals surface area contributed by atoms with E-state index in [0.29, 0.717) is 5.02 Å². The molecular weight excluding hydrogens is 377 g/mol. The van der Waals surface area contributed by atoms with Gasteiger partial charge in [-0.15, -0.1) is 0 Å². The minimum atomic E-state index is -3.53. The van der Waals surface area contributed by atoms with Crippen LogP contribution in [-0.2, 0) is 21.1 Å². The van der Waals surface area contributed by atoms with Crippen molar-refractivity contribution in [1.29, 1.82) is 0 Å². The second-order valence-corrected chi connectivity index (χ2v) is 9.09. The standard InChI is InChI=1S/C19H19ClFNO3S/c20-15-7-5-14(6-8-15)13-19(23)22-10-9-18(26(24,25)12-11-22)16-3-1-2-4-17(16)21/h1-8,18H,9-13H2. The summed E-state index contributed by atoms with van der Waals surface area (Å²) >= 11 is 5.84. The molecule has 2 aromatic carbocycles. The summed E-state index contributed by atoms with van der Waals surface area (Å²) in [6.45, 7) is 0.407. The van der Waals surface area contributed by atoms with Crippen molar-refractivity contribution in [3.8, 4) is 0 Å². The van der Waals surface area contributed by atoms with Gasteiger partial charge in [0.05, 0.1) is 17.4 Å². The van der Waals surface area contributed by atoms with E-state index in [-0.39, 0.29) is 43.2 Å². The largest absolute Gasteiger partial charge is 0.341 e. The quantitative estimate of drug-likeness (QED) is 0.800. The van der Waals surface area contributed by atoms with Crippen LogP contribution in [0, 0.1) is 5.82 Å². The highest BCUT2D eigenvalue weighted by Crippen LogP contribution is 2.31. The van der Waals surface area contributed by atoms with Crippen LogP contribution in [0.3, 0.4) is 0 Å². The first kappa shape index (κ1) is 18.9. The number of sulfone groups is 1. The molecule has 1 saturated heterocycles. The molecule has 0 aliphatic carbocycles. The summed E-state index contributed by atoms with van der Waals surface area (Å²) < 4.78 is 39.3. The van der Waals surface area contributed by atoms with Crippen molar-refractivity contribution < 1.29 is 17.6 Å². The van der Waals surface area contributed by atoms with Crippen LogP contribution >= 0.6 is 11.6 Å². The van der Waals surface area contributed by atoms with Crippen molar-refractivity contribution in [2.24, 2.45) is 0 Å². The first-order chi connectivity index (χ1) is 12.4. The predicted octanol–water partition coefficient (Wildman–Crippen LogP) is 3.41. The molecule has 3 rings (SSSR count). The molecule has 0 spiro atoms. The lowest BCUT2D eigenvalue weighted by Crippen LogP contribution is -2.34. The molecule has 1 heterocycles. The molecule has 1 unspecified atom stereocenters. The van der Waals surface area contributed by atoms with Gasteiger partial charge in [0.2, 0.25) is 5.91 Å². The topological polar surface area (TPSA) is 54.5 Å². The van der Waals surface area contributed by atoms with E-state index in [1.165, 1.54) is 18.2 Å². The normalized spacial score (nSPS) is 19.8. The lowest BCUT2D eigenvalue weighted by Gasteiger charge is -2.20. The SMILES string of the molecule is O=C(Cc1ccc(Cl)cc1)N1CCC(c2ccccc2F)S(=O)(=O)CC1. The average Bonchev–Trinajstić information content (AvgIpc) is 2.76. The molecule has 1 amide bonds. The van der Waals surface area contributed by atoms with Gasteiger partial charge >= 0.3 is 0 Å². The number of rotatable bonds is 3. The van der Waals surface area contributed by atoms with E-state index >= 15 is 0 Å². The number of amides is 1. The number of benzene rings is 2. The highest BCUT2D eigenvalue weighted by atomic mass is 35.5. The summed E-state index contributed by atoms with van der Waals surface area (Å²) in [5.74, 6) is -0.836. The fraction of sp³-hybridized carbons (Fsp3) is 0.316. The lowest BCUT2D eigenvalue weighted by atomic mass is 10.1. The Morgan fingerprint density at radius 2 is 1.81 bits per heavy atom. The van der Waals surface area contributed by atoms with Gasteiger partial charge in [-0.2, -0.15) is 0 Å². The van der Waals surface area contributed by atoms with Crippen molar-refractivity contribution in [2.75, 3.05) is 18.8 Å². The highest BCUT2D eigenvalue weighted by Gasteiger charge is 2.34. The molecule has 0 saturated carbocycles. The first-order valence-corrected chi connectivity index (χ1v) is 10.4. The summed E-state index contributed by atoms with van der Waals surface area (Å²) in [4.78, 5) is 14.1. The molecule has 0 bridgehead atoms. The van der Waals surface area contributed by atoms with Crippen molar-refractivity contribution in [1.82, 2.24) is 4.90 Å². The Hall–Kier alpha value is -1.92. The van der Waals surface area contributed by atoms with Gasteiger partial charge in [0, 0.05) is 23.7 Å². The number of hydrogen-bond acceptors (Lipinski definition) is 3. The molecule has 1 aliphatic heterocycles. The van der Waals surface area contributed by atoms with Crippen LogP contribution < -0.4 is 0 Å². The summed E-state index contributed by atoms with van der Waals surface area (Å²) in [6.07, 6.45) is 0.372. The average molecular weight is 396 g/mol. The lowest BCUT2D eigenvalue weighted by molar-refractivity contribution is -0.130. The second-order valence-electron chi connectivity index (χ2n) is 6.35. The fourth-order valence-corrected chi connectivity index (χ4v) is 5.10. The minimum Gasteiger partial charge on any atom is -0.341 e. The molecule has 1 fully saturated rings. The van der Waals surface area contributed by atoms with E-state index in [2.05, 4.69) is 0 Å². The molecule has 2 aromatic rings. The Morgan fingerprint density at radius 1 is 1.12 bits per heavy atom. The summed E-state index contributed by atoms with van der Waals surface area (Å²) in [7, 11) is -3.53. The molecule has 0 N–H and O–H groups in total. The molecular formula is C19H19ClFNO3S. The van der Waals surface area contributed by atoms with Crippen molar-refractivity contribution in [3.05, 3.63) is 70.5 Å². The third kappa shape index (κ3) is 4.24. The zero-order valence-electron chi connectivity index (χ0n) is 14.1. The van der Waals surface area contributed by atoms with Crippen LogP contribution in [0.4, 0.5) is 4.39 Å². The molecule has 1 atom stereocenters. The van der Waals surface area contributed by atoms with Gasteiger partial charge in [-0.05, 0) is 30.2 Å². The van der Waals surface area contributed by atoms with E-state index < -0.39 is 20.9 Å². The summed E-state index contributed by atoms with van der Waals surface area (Å²) in [6, 6.07) is 12.9. The van der Waals surface area contributed by atoms with E-state index in [9.17, 15) is 17.6 Å². The maximum Gasteiger partial charge on any atom is 0.227 e. The number of carbonyl (C=O) groups is 1. The second kappa shape index (κ2) is 7.76. The van der Waals surface area contributed by atoms with Gasteiger partial charge in [0.15, 0.2) is 9.84 Å². The fourth-order valence-electron chi connectivity index (χ4n) is 3.17. The van der Waals surface area contributed by atoms with Crippen LogP contribution in [0.25, 0.3) is 0 Å². The molecule has 1 aliphatic rings. The van der Waals surface area contributed by atoms with E-state index in [4.69, 9.17) is 11.6 Å². The van der Waals surface area contributed by atoms with E-state index in [1.807, 2.05) is 0 Å². The van der Waals surface area contributed by atoms with Crippen LogP contribution in [0.2, 0.25) is 5.02 Å². The smallest absolute Gasteiger partial charge is 0.227 e. The number of carbonyl (C=O) groups excluding carboxylic acids is 1. The first-order valence-electron chi connectivity index (χ1n) is 8.35. The van der Waals surface area contributed by atoms with Crippen LogP contribution in [0.5, 0.6) is 0 Å². The van der Waals surface area contributed by atoms with Crippen molar-refractivity contribution >= 4 is 27.3 Å². The van der Waals surface area contributed by atoms with Gasteiger partial charge in [0.1, 0.15) is 5.82 Å². The van der Waals surface area contributed by atoms with Crippen LogP contribution in [0.15, 0.2) is 48.5 Å². The van der Waals surface area contributed by atoms with Crippen molar-refractivity contribution in [3.63, 3.8) is 0 Å². The monoisotopic (exact) mass is 395 g/mol. The Labute approximate surface area is 157 Å². The van der Waals surface area contributed by atoms with Crippen molar-refractivity contribution in [2.45, 2.75) is 18.1 Å². The third-order valence-corrected chi connectivity index (χ3v) is 6.97. The van der Waals surface area contributed by atoms with Crippen LogP contribution in [-0.4, -0.2) is 38.1 Å². The third-order valence-electron chi connectivity index (χ3n) is 4.61. The van der Waals surface area contributed by atoms with Gasteiger partial charge in [-0.25, -0.2) is 12.8 Å². The van der Waals surface area contributed by atoms with E-state index in [1.54, 1.807) is 35.2 Å². The van der Waals surface area contributed by atoms with Gasteiger partial charge in [-0.1, -0.05) is 41.9 Å². The minimum absolute atomic E-state index is 0.125. The Kier molecular flexibility index (Phi) is 5.63. The Morgan fingerprint density at radius 3 is 2.50 bits per heavy atom. The Bertz CT molecular complexity index is 899. The molecule has 0 radical (unpaired) electrons. The van der Waals surface area contributed by atoms with E-state index in [0.717, 1.165) is 5.56 Å². The molecule has 138 valence electrons. The Balaban J connectivity index is 1.75. The van der Waals surface area contributed by atoms with Gasteiger partial charge in [0.25, 0.3) is 0 Å². The summed E-state index contributed by atoms with van der Waals surface area (Å²) in [5.41, 5.74) is 0.997. The molecule has 4 nitrogen and oxygen atoms in total. The highest BCUT2D eigenvalue weighted by molar-refractivity contribution is 7.91. The van der Waals surface area contributed by atoms with Crippen LogP contribution in [0.1, 0.15) is 22.8 Å². The zero-order valence-corrected chi connectivity index (χ0v) is 15.6. The molecule has 26 heavy (non-hydrogen) atoms. The maximum absolute atomic E-state index is 14.1. The molecule has 7 heteroatoms. The van der Waals surface area contributed by atoms with Gasteiger partial charge in [-0.3, -0.25) is 4.79 Å².